The van der Waals surface area contributed by atoms with Crippen LogP contribution in [0.3, 0.4) is 0 Å². The summed E-state index contributed by atoms with van der Waals surface area (Å²) in [4.78, 5) is 2.28. The molecule has 2 rings (SSSR count). The first-order valence-electron chi connectivity index (χ1n) is 5.89. The average molecular weight is 237 g/mol. The van der Waals surface area contributed by atoms with Crippen molar-refractivity contribution in [3.8, 4) is 5.75 Å². The zero-order valence-electron chi connectivity index (χ0n) is 9.78. The summed E-state index contributed by atoms with van der Waals surface area (Å²) in [6.07, 6.45) is 3.40. The van der Waals surface area contributed by atoms with Gasteiger partial charge in [-0.1, -0.05) is 0 Å². The minimum absolute atomic E-state index is 0.863. The Kier molecular flexibility index (Phi) is 3.99. The van der Waals surface area contributed by atoms with E-state index in [1.54, 1.807) is 0 Å². The van der Waals surface area contributed by atoms with E-state index in [9.17, 15) is 0 Å². The fraction of sp³-hybridized carbons (Fsp3) is 0.538. The van der Waals surface area contributed by atoms with E-state index in [-0.39, 0.29) is 0 Å². The second-order valence-electron chi connectivity index (χ2n) is 4.24. The molecule has 0 fully saturated rings. The summed E-state index contributed by atoms with van der Waals surface area (Å²) in [6.45, 7) is 1.92. The molecule has 0 saturated carbocycles. The average Bonchev–Trinajstić information content (AvgIpc) is 2.35. The fourth-order valence-electron chi connectivity index (χ4n) is 2.02. The van der Waals surface area contributed by atoms with E-state index in [4.69, 9.17) is 4.74 Å². The van der Waals surface area contributed by atoms with Gasteiger partial charge in [-0.3, -0.25) is 0 Å². The van der Waals surface area contributed by atoms with Crippen LogP contribution in [0.4, 0.5) is 5.69 Å². The molecule has 0 aromatic heterocycles. The predicted molar refractivity (Wildman–Crippen MR) is 72.0 cm³/mol. The number of nitrogens with zero attached hydrogens (tertiary/aromatic N) is 1. The minimum atomic E-state index is 0.863. The van der Waals surface area contributed by atoms with Gasteiger partial charge in [-0.25, -0.2) is 0 Å². The molecule has 1 aliphatic rings. The highest BCUT2D eigenvalue weighted by Gasteiger charge is 2.11. The molecule has 0 amide bonds. The molecule has 0 unspecified atom stereocenters. The molecule has 3 heteroatoms. The number of ether oxygens (including phenoxy) is 1. The molecular formula is C13H19NOS. The van der Waals surface area contributed by atoms with Gasteiger partial charge in [0.15, 0.2) is 0 Å². The summed E-state index contributed by atoms with van der Waals surface area (Å²) in [6, 6.07) is 6.50. The predicted octanol–water partition coefficient (Wildman–Crippen LogP) is 2.77. The molecule has 1 aromatic rings. The molecule has 16 heavy (non-hydrogen) atoms. The maximum Gasteiger partial charge on any atom is 0.122 e. The zero-order chi connectivity index (χ0) is 11.4. The molecule has 0 spiro atoms. The standard InChI is InChI=1S/C13H19NOS/c1-14(7-3-9-16)12-5-6-13-11(10-12)4-2-8-15-13/h5-6,10,16H,2-4,7-9H2,1H3. The van der Waals surface area contributed by atoms with Crippen molar-refractivity contribution in [2.24, 2.45) is 0 Å². The SMILES string of the molecule is CN(CCCS)c1ccc2c(c1)CCCO2. The Bertz CT molecular complexity index is 354. The Balaban J connectivity index is 2.10. The first-order chi connectivity index (χ1) is 7.81. The number of fused-ring (bicyclic) bond motifs is 1. The third-order valence-corrected chi connectivity index (χ3v) is 3.30. The van der Waals surface area contributed by atoms with Gasteiger partial charge in [0, 0.05) is 19.3 Å². The van der Waals surface area contributed by atoms with Crippen LogP contribution in [0.1, 0.15) is 18.4 Å². The number of anilines is 1. The van der Waals surface area contributed by atoms with Gasteiger partial charge in [0.05, 0.1) is 6.61 Å². The van der Waals surface area contributed by atoms with Crippen LogP contribution in [0.15, 0.2) is 18.2 Å². The molecule has 0 N–H and O–H groups in total. The van der Waals surface area contributed by atoms with Crippen molar-refractivity contribution in [1.82, 2.24) is 0 Å². The van der Waals surface area contributed by atoms with Crippen molar-refractivity contribution in [2.45, 2.75) is 19.3 Å². The summed E-state index contributed by atoms with van der Waals surface area (Å²) in [7, 11) is 2.13. The summed E-state index contributed by atoms with van der Waals surface area (Å²) in [5.74, 6) is 2.01. The summed E-state index contributed by atoms with van der Waals surface area (Å²) in [5.41, 5.74) is 2.63. The van der Waals surface area contributed by atoms with Gasteiger partial charge in [0.1, 0.15) is 5.75 Å². The second-order valence-corrected chi connectivity index (χ2v) is 4.69. The summed E-state index contributed by atoms with van der Waals surface area (Å²) in [5, 5.41) is 0. The lowest BCUT2D eigenvalue weighted by Crippen LogP contribution is -2.19. The van der Waals surface area contributed by atoms with E-state index >= 15 is 0 Å². The van der Waals surface area contributed by atoms with Crippen LogP contribution in [0.25, 0.3) is 0 Å². The Morgan fingerprint density at radius 2 is 2.31 bits per heavy atom. The van der Waals surface area contributed by atoms with Crippen LogP contribution < -0.4 is 9.64 Å². The number of benzene rings is 1. The van der Waals surface area contributed by atoms with Crippen molar-refractivity contribution >= 4 is 18.3 Å². The molecule has 2 nitrogen and oxygen atoms in total. The van der Waals surface area contributed by atoms with Gasteiger partial charge in [0.2, 0.25) is 0 Å². The lowest BCUT2D eigenvalue weighted by molar-refractivity contribution is 0.288. The van der Waals surface area contributed by atoms with Gasteiger partial charge in [-0.15, -0.1) is 0 Å². The van der Waals surface area contributed by atoms with Crippen molar-refractivity contribution < 1.29 is 4.74 Å². The highest BCUT2D eigenvalue weighted by molar-refractivity contribution is 7.80. The van der Waals surface area contributed by atoms with Crippen LogP contribution >= 0.6 is 12.6 Å². The largest absolute Gasteiger partial charge is 0.493 e. The van der Waals surface area contributed by atoms with Crippen LogP contribution in [0.2, 0.25) is 0 Å². The third-order valence-electron chi connectivity index (χ3n) is 2.98. The fourth-order valence-corrected chi connectivity index (χ4v) is 2.16. The highest BCUT2D eigenvalue weighted by atomic mass is 32.1. The smallest absolute Gasteiger partial charge is 0.122 e. The normalized spacial score (nSPS) is 14.1. The van der Waals surface area contributed by atoms with Gasteiger partial charge in [-0.05, 0) is 48.8 Å². The first kappa shape index (κ1) is 11.6. The lowest BCUT2D eigenvalue weighted by Gasteiger charge is -2.23. The molecule has 0 radical (unpaired) electrons. The highest BCUT2D eigenvalue weighted by Crippen LogP contribution is 2.28. The molecule has 1 aromatic carbocycles. The summed E-state index contributed by atoms with van der Waals surface area (Å²) >= 11 is 4.24. The zero-order valence-corrected chi connectivity index (χ0v) is 10.7. The van der Waals surface area contributed by atoms with Crippen LogP contribution in [0, 0.1) is 0 Å². The Hall–Kier alpha value is -0.830. The van der Waals surface area contributed by atoms with Crippen molar-refractivity contribution in [3.05, 3.63) is 23.8 Å². The third kappa shape index (κ3) is 2.64. The maximum absolute atomic E-state index is 5.61. The minimum Gasteiger partial charge on any atom is -0.493 e. The van der Waals surface area contributed by atoms with E-state index in [1.807, 2.05) is 0 Å². The summed E-state index contributed by atoms with van der Waals surface area (Å²) < 4.78 is 5.61. The van der Waals surface area contributed by atoms with Crippen molar-refractivity contribution in [2.75, 3.05) is 30.9 Å². The molecule has 1 heterocycles. The van der Waals surface area contributed by atoms with E-state index in [1.165, 1.54) is 11.3 Å². The maximum atomic E-state index is 5.61. The van der Waals surface area contributed by atoms with Crippen molar-refractivity contribution in [3.63, 3.8) is 0 Å². The monoisotopic (exact) mass is 237 g/mol. The Labute approximate surface area is 103 Å². The molecule has 0 atom stereocenters. The number of rotatable bonds is 4. The van der Waals surface area contributed by atoms with E-state index in [0.29, 0.717) is 0 Å². The molecule has 0 saturated heterocycles. The van der Waals surface area contributed by atoms with Crippen molar-refractivity contribution in [1.29, 1.82) is 0 Å². The second kappa shape index (κ2) is 5.48. The lowest BCUT2D eigenvalue weighted by atomic mass is 10.1. The molecular weight excluding hydrogens is 218 g/mol. The van der Waals surface area contributed by atoms with Gasteiger partial charge < -0.3 is 9.64 Å². The van der Waals surface area contributed by atoms with Gasteiger partial charge in [0.25, 0.3) is 0 Å². The van der Waals surface area contributed by atoms with E-state index in [0.717, 1.165) is 43.9 Å². The number of hydrogen-bond acceptors (Lipinski definition) is 3. The van der Waals surface area contributed by atoms with Gasteiger partial charge in [-0.2, -0.15) is 12.6 Å². The van der Waals surface area contributed by atoms with Crippen LogP contribution in [-0.2, 0) is 6.42 Å². The van der Waals surface area contributed by atoms with E-state index in [2.05, 4.69) is 42.8 Å². The Morgan fingerprint density at radius 3 is 3.12 bits per heavy atom. The molecule has 88 valence electrons. The molecule has 1 aliphatic heterocycles. The van der Waals surface area contributed by atoms with Crippen LogP contribution in [-0.4, -0.2) is 26.0 Å². The first-order valence-corrected chi connectivity index (χ1v) is 6.52. The number of hydrogen-bond donors (Lipinski definition) is 1. The van der Waals surface area contributed by atoms with Crippen LogP contribution in [0.5, 0.6) is 5.75 Å². The Morgan fingerprint density at radius 1 is 1.44 bits per heavy atom. The van der Waals surface area contributed by atoms with Gasteiger partial charge >= 0.3 is 0 Å². The quantitative estimate of drug-likeness (QED) is 0.808. The molecule has 0 bridgehead atoms. The number of aryl methyl sites for hydroxylation is 1. The topological polar surface area (TPSA) is 12.5 Å². The number of thiol groups is 1. The van der Waals surface area contributed by atoms with E-state index < -0.39 is 0 Å². The molecule has 0 aliphatic carbocycles.